The van der Waals surface area contributed by atoms with Gasteiger partial charge in [0.2, 0.25) is 0 Å². The van der Waals surface area contributed by atoms with E-state index in [2.05, 4.69) is 15.1 Å². The molecule has 44 heavy (non-hydrogen) atoms. The molecular formula is C36H37F2N3O3. The highest BCUT2D eigenvalue weighted by atomic mass is 19.3. The lowest BCUT2D eigenvalue weighted by Gasteiger charge is -2.37. The first-order chi connectivity index (χ1) is 21.2. The van der Waals surface area contributed by atoms with Crippen molar-refractivity contribution < 1.29 is 23.1 Å². The number of benzene rings is 4. The van der Waals surface area contributed by atoms with E-state index in [1.54, 1.807) is 24.3 Å². The first kappa shape index (κ1) is 30.9. The quantitative estimate of drug-likeness (QED) is 0.196. The second kappa shape index (κ2) is 13.8. The number of esters is 1. The molecule has 0 aliphatic carbocycles. The smallest absolute Gasteiger partial charge is 0.314 e. The number of hydrogen-bond acceptors (Lipinski definition) is 5. The molecule has 1 aliphatic rings. The fraction of sp³-hybridized carbons (Fsp3) is 0.278. The van der Waals surface area contributed by atoms with Gasteiger partial charge in [-0.1, -0.05) is 72.8 Å². The van der Waals surface area contributed by atoms with Gasteiger partial charge in [0.15, 0.2) is 0 Å². The van der Waals surface area contributed by atoms with Crippen molar-refractivity contribution >= 4 is 23.3 Å². The number of piperazine rings is 1. The third-order valence-electron chi connectivity index (χ3n) is 7.95. The zero-order chi connectivity index (χ0) is 31.1. The van der Waals surface area contributed by atoms with Crippen molar-refractivity contribution in [2.45, 2.75) is 25.7 Å². The number of amides is 1. The molecule has 1 heterocycles. The van der Waals surface area contributed by atoms with E-state index >= 15 is 0 Å². The summed E-state index contributed by atoms with van der Waals surface area (Å²) in [5, 5.41) is 2.97. The van der Waals surface area contributed by atoms with E-state index in [0.29, 0.717) is 35.5 Å². The van der Waals surface area contributed by atoms with Gasteiger partial charge < -0.3 is 15.0 Å². The number of nitrogens with zero attached hydrogens (tertiary/aromatic N) is 2. The van der Waals surface area contributed by atoms with E-state index in [0.717, 1.165) is 44.4 Å². The van der Waals surface area contributed by atoms with Gasteiger partial charge in [-0.2, -0.15) is 0 Å². The molecule has 6 nitrogen and oxygen atoms in total. The molecule has 1 saturated heterocycles. The van der Waals surface area contributed by atoms with Crippen LogP contribution >= 0.6 is 0 Å². The number of alkyl halides is 2. The van der Waals surface area contributed by atoms with Crippen LogP contribution in [0.5, 0.6) is 0 Å². The molecule has 5 rings (SSSR count). The monoisotopic (exact) mass is 597 g/mol. The summed E-state index contributed by atoms with van der Waals surface area (Å²) < 4.78 is 32.7. The van der Waals surface area contributed by atoms with E-state index in [-0.39, 0.29) is 23.4 Å². The number of nitrogens with one attached hydrogen (secondary N) is 1. The van der Waals surface area contributed by atoms with Crippen molar-refractivity contribution in [2.24, 2.45) is 0 Å². The van der Waals surface area contributed by atoms with Gasteiger partial charge in [0, 0.05) is 62.1 Å². The summed E-state index contributed by atoms with van der Waals surface area (Å²) in [6.45, 7) is 6.91. The molecular weight excluding hydrogens is 560 g/mol. The molecule has 228 valence electrons. The van der Waals surface area contributed by atoms with Crippen molar-refractivity contribution in [1.82, 2.24) is 4.90 Å². The number of rotatable bonds is 10. The van der Waals surface area contributed by atoms with Crippen LogP contribution < -0.4 is 10.2 Å². The lowest BCUT2D eigenvalue weighted by atomic mass is 9.97. The van der Waals surface area contributed by atoms with Crippen molar-refractivity contribution in [3.63, 3.8) is 0 Å². The van der Waals surface area contributed by atoms with Crippen molar-refractivity contribution in [3.8, 4) is 11.1 Å². The second-order valence-electron chi connectivity index (χ2n) is 11.0. The zero-order valence-corrected chi connectivity index (χ0v) is 25.0. The number of carbonyl (C=O) groups excluding carboxylic acids is 2. The highest BCUT2D eigenvalue weighted by Crippen LogP contribution is 2.31. The Morgan fingerprint density at radius 2 is 1.48 bits per heavy atom. The summed E-state index contributed by atoms with van der Waals surface area (Å²) in [7, 11) is 0. The maximum Gasteiger partial charge on any atom is 0.314 e. The normalized spacial score (nSPS) is 14.6. The fourth-order valence-electron chi connectivity index (χ4n) is 5.52. The first-order valence-electron chi connectivity index (χ1n) is 14.9. The van der Waals surface area contributed by atoms with E-state index < -0.39 is 5.92 Å². The Kier molecular flexibility index (Phi) is 9.70. The molecule has 1 aliphatic heterocycles. The molecule has 0 bridgehead atoms. The van der Waals surface area contributed by atoms with Crippen LogP contribution in [0.3, 0.4) is 0 Å². The number of anilines is 2. The molecule has 1 fully saturated rings. The molecule has 0 radical (unpaired) electrons. The summed E-state index contributed by atoms with van der Waals surface area (Å²) in [5.74, 6) is -3.72. The molecule has 0 saturated carbocycles. The predicted molar refractivity (Wildman–Crippen MR) is 170 cm³/mol. The maximum absolute atomic E-state index is 13.7. The van der Waals surface area contributed by atoms with Crippen LogP contribution in [-0.4, -0.2) is 56.1 Å². The van der Waals surface area contributed by atoms with Gasteiger partial charge in [-0.15, -0.1) is 0 Å². The standard InChI is InChI=1S/C36H37F2N3O3/c1-3-44-35(43)33(26-9-5-4-6-10-26)25-40-21-23-41(24-22-40)30-19-17-29(18-20-30)39-34(42)32-12-8-7-11-31(32)27-13-15-28(16-14-27)36(2,37)38/h4-20,33H,3,21-25H2,1-2H3,(H,39,42). The topological polar surface area (TPSA) is 61.9 Å². The Morgan fingerprint density at radius 1 is 0.841 bits per heavy atom. The molecule has 1 amide bonds. The number of halogens is 2. The largest absolute Gasteiger partial charge is 0.465 e. The Balaban J connectivity index is 1.19. The second-order valence-corrected chi connectivity index (χ2v) is 11.0. The van der Waals surface area contributed by atoms with E-state index in [9.17, 15) is 18.4 Å². The Hall–Kier alpha value is -4.56. The molecule has 0 spiro atoms. The third-order valence-corrected chi connectivity index (χ3v) is 7.95. The Bertz CT molecular complexity index is 1550. The van der Waals surface area contributed by atoms with Crippen molar-refractivity contribution in [1.29, 1.82) is 0 Å². The Morgan fingerprint density at radius 3 is 2.11 bits per heavy atom. The van der Waals surface area contributed by atoms with Gasteiger partial charge in [-0.05, 0) is 53.9 Å². The summed E-state index contributed by atoms with van der Waals surface area (Å²) in [5.41, 5.74) is 4.43. The minimum absolute atomic E-state index is 0.0715. The van der Waals surface area contributed by atoms with Crippen molar-refractivity contribution in [3.05, 3.63) is 120 Å². The highest BCUT2D eigenvalue weighted by Gasteiger charge is 2.27. The molecule has 1 atom stereocenters. The van der Waals surface area contributed by atoms with Gasteiger partial charge in [-0.25, -0.2) is 8.78 Å². The SMILES string of the molecule is CCOC(=O)C(CN1CCN(c2ccc(NC(=O)c3ccccc3-c3ccc(C(C)(F)F)cc3)cc2)CC1)c1ccccc1. The van der Waals surface area contributed by atoms with Crippen LogP contribution in [0, 0.1) is 0 Å². The summed E-state index contributed by atoms with van der Waals surface area (Å²) in [6, 6.07) is 30.7. The van der Waals surface area contributed by atoms with Gasteiger partial charge in [0.05, 0.1) is 12.5 Å². The van der Waals surface area contributed by atoms with Gasteiger partial charge >= 0.3 is 5.97 Å². The molecule has 4 aromatic carbocycles. The molecule has 1 unspecified atom stereocenters. The third kappa shape index (κ3) is 7.50. The molecule has 4 aromatic rings. The summed E-state index contributed by atoms with van der Waals surface area (Å²) >= 11 is 0. The number of ether oxygens (including phenoxy) is 1. The molecule has 8 heteroatoms. The number of carbonyl (C=O) groups is 2. The lowest BCUT2D eigenvalue weighted by Crippen LogP contribution is -2.48. The van der Waals surface area contributed by atoms with Crippen LogP contribution in [-0.2, 0) is 15.5 Å². The van der Waals surface area contributed by atoms with Crippen LogP contribution in [0.25, 0.3) is 11.1 Å². The Labute approximate surface area is 257 Å². The average molecular weight is 598 g/mol. The van der Waals surface area contributed by atoms with Gasteiger partial charge in [0.1, 0.15) is 0 Å². The van der Waals surface area contributed by atoms with Crippen LogP contribution in [0.15, 0.2) is 103 Å². The summed E-state index contributed by atoms with van der Waals surface area (Å²) in [4.78, 5) is 30.6. The fourth-order valence-corrected chi connectivity index (χ4v) is 5.52. The zero-order valence-electron chi connectivity index (χ0n) is 25.0. The van der Waals surface area contributed by atoms with Crippen molar-refractivity contribution in [2.75, 3.05) is 49.5 Å². The highest BCUT2D eigenvalue weighted by molar-refractivity contribution is 6.08. The minimum atomic E-state index is -2.93. The molecule has 1 N–H and O–H groups in total. The maximum atomic E-state index is 13.7. The molecule has 0 aromatic heterocycles. The summed E-state index contributed by atoms with van der Waals surface area (Å²) in [6.07, 6.45) is 0. The number of hydrogen-bond donors (Lipinski definition) is 1. The van der Waals surface area contributed by atoms with Gasteiger partial charge in [0.25, 0.3) is 11.8 Å². The lowest BCUT2D eigenvalue weighted by molar-refractivity contribution is -0.145. The van der Waals surface area contributed by atoms with Crippen LogP contribution in [0.2, 0.25) is 0 Å². The average Bonchev–Trinajstić information content (AvgIpc) is 3.04. The van der Waals surface area contributed by atoms with E-state index in [1.807, 2.05) is 73.7 Å². The predicted octanol–water partition coefficient (Wildman–Crippen LogP) is 7.19. The van der Waals surface area contributed by atoms with E-state index in [4.69, 9.17) is 4.74 Å². The van der Waals surface area contributed by atoms with Crippen LogP contribution in [0.4, 0.5) is 20.2 Å². The minimum Gasteiger partial charge on any atom is -0.465 e. The van der Waals surface area contributed by atoms with Crippen LogP contribution in [0.1, 0.15) is 41.3 Å². The van der Waals surface area contributed by atoms with E-state index in [1.165, 1.54) is 12.1 Å². The van der Waals surface area contributed by atoms with Gasteiger partial charge in [-0.3, -0.25) is 14.5 Å². The first-order valence-corrected chi connectivity index (χ1v) is 14.9.